The van der Waals surface area contributed by atoms with Gasteiger partial charge in [-0.2, -0.15) is 4.98 Å². The molecule has 0 saturated carbocycles. The number of piperidine rings is 1. The van der Waals surface area contributed by atoms with Crippen molar-refractivity contribution in [3.05, 3.63) is 18.3 Å². The molecule has 0 spiro atoms. The minimum Gasteiger partial charge on any atom is -0.368 e. The van der Waals surface area contributed by atoms with Crippen LogP contribution in [0.3, 0.4) is 0 Å². The molecule has 3 rings (SSSR count). The van der Waals surface area contributed by atoms with E-state index in [9.17, 15) is 4.79 Å². The number of nitrogens with one attached hydrogen (secondary N) is 3. The topological polar surface area (TPSA) is 118 Å². The van der Waals surface area contributed by atoms with Gasteiger partial charge in [0.25, 0.3) is 0 Å². The molecular weight excluding hydrogens is 366 g/mol. The summed E-state index contributed by atoms with van der Waals surface area (Å²) < 4.78 is 0. The Kier molecular flexibility index (Phi) is 6.52. The number of nitrogens with zero attached hydrogens (tertiary/aromatic N) is 3. The van der Waals surface area contributed by atoms with Crippen molar-refractivity contribution in [1.29, 1.82) is 0 Å². The zero-order valence-electron chi connectivity index (χ0n) is 17.7. The van der Waals surface area contributed by atoms with Crippen molar-refractivity contribution in [3.63, 3.8) is 0 Å². The van der Waals surface area contributed by atoms with Crippen LogP contribution in [-0.4, -0.2) is 45.0 Å². The minimum absolute atomic E-state index is 0.0481. The number of fused-ring (bicyclic) bond motifs is 1. The van der Waals surface area contributed by atoms with Gasteiger partial charge < -0.3 is 21.7 Å². The van der Waals surface area contributed by atoms with E-state index in [-0.39, 0.29) is 17.4 Å². The van der Waals surface area contributed by atoms with Gasteiger partial charge in [-0.05, 0) is 58.2 Å². The fourth-order valence-electron chi connectivity index (χ4n) is 3.84. The molecular formula is C21H33N7O. The highest BCUT2D eigenvalue weighted by atomic mass is 16.2. The summed E-state index contributed by atoms with van der Waals surface area (Å²) in [6, 6.07) is 3.69. The van der Waals surface area contributed by atoms with Crippen LogP contribution in [0.25, 0.3) is 11.0 Å². The molecule has 0 aliphatic carbocycles. The molecule has 5 N–H and O–H groups in total. The lowest BCUT2D eigenvalue weighted by Crippen LogP contribution is -2.59. The number of rotatable bonds is 8. The first-order valence-corrected chi connectivity index (χ1v) is 10.5. The van der Waals surface area contributed by atoms with Crippen LogP contribution in [0, 0.1) is 0 Å². The van der Waals surface area contributed by atoms with Crippen LogP contribution >= 0.6 is 0 Å². The summed E-state index contributed by atoms with van der Waals surface area (Å²) in [5.74, 6) is 0.851. The number of anilines is 2. The van der Waals surface area contributed by atoms with Gasteiger partial charge in [-0.1, -0.05) is 19.8 Å². The SMILES string of the molecule is CCCCC(C)(CNC(=O)[C@@]1(C)CCCCN1)Nc1nc(N)nc2cccnc12. The highest BCUT2D eigenvalue weighted by Gasteiger charge is 2.35. The predicted molar refractivity (Wildman–Crippen MR) is 117 cm³/mol. The number of hydrogen-bond donors (Lipinski definition) is 4. The molecule has 8 nitrogen and oxygen atoms in total. The van der Waals surface area contributed by atoms with E-state index < -0.39 is 5.54 Å². The summed E-state index contributed by atoms with van der Waals surface area (Å²) in [6.45, 7) is 7.62. The number of carbonyl (C=O) groups is 1. The van der Waals surface area contributed by atoms with Gasteiger partial charge >= 0.3 is 0 Å². The van der Waals surface area contributed by atoms with Crippen LogP contribution in [0.2, 0.25) is 0 Å². The van der Waals surface area contributed by atoms with Crippen molar-refractivity contribution in [2.75, 3.05) is 24.1 Å². The second-order valence-corrected chi connectivity index (χ2v) is 8.49. The van der Waals surface area contributed by atoms with Crippen molar-refractivity contribution in [2.24, 2.45) is 0 Å². The van der Waals surface area contributed by atoms with E-state index in [1.165, 1.54) is 0 Å². The Morgan fingerprint density at radius 3 is 2.93 bits per heavy atom. The average Bonchev–Trinajstić information content (AvgIpc) is 2.71. The molecule has 1 aliphatic rings. The Bertz CT molecular complexity index is 850. The van der Waals surface area contributed by atoms with Crippen molar-refractivity contribution in [3.8, 4) is 0 Å². The van der Waals surface area contributed by atoms with Gasteiger partial charge in [0.1, 0.15) is 5.52 Å². The molecule has 0 aromatic carbocycles. The fourth-order valence-corrected chi connectivity index (χ4v) is 3.84. The molecule has 158 valence electrons. The summed E-state index contributed by atoms with van der Waals surface area (Å²) in [5, 5.41) is 10.1. The molecule has 29 heavy (non-hydrogen) atoms. The first-order chi connectivity index (χ1) is 13.9. The molecule has 1 unspecified atom stereocenters. The highest BCUT2D eigenvalue weighted by Crippen LogP contribution is 2.25. The Morgan fingerprint density at radius 1 is 1.38 bits per heavy atom. The molecule has 1 aliphatic heterocycles. The lowest BCUT2D eigenvalue weighted by atomic mass is 9.89. The Balaban J connectivity index is 1.79. The van der Waals surface area contributed by atoms with E-state index in [1.54, 1.807) is 6.20 Å². The number of nitrogens with two attached hydrogens (primary N) is 1. The molecule has 1 saturated heterocycles. The van der Waals surface area contributed by atoms with Crippen LogP contribution in [0.5, 0.6) is 0 Å². The number of hydrogen-bond acceptors (Lipinski definition) is 7. The number of aromatic nitrogens is 3. The maximum Gasteiger partial charge on any atom is 0.240 e. The van der Waals surface area contributed by atoms with Gasteiger partial charge in [0.2, 0.25) is 11.9 Å². The second-order valence-electron chi connectivity index (χ2n) is 8.49. The first kappa shape index (κ1) is 21.2. The molecule has 1 amide bonds. The molecule has 3 heterocycles. The summed E-state index contributed by atoms with van der Waals surface area (Å²) in [4.78, 5) is 26.0. The summed E-state index contributed by atoms with van der Waals surface area (Å²) >= 11 is 0. The standard InChI is InChI=1S/C21H33N7O/c1-4-5-10-20(2,14-24-18(29)21(3)11-6-7-13-25-21)28-17-16-15(9-8-12-23-16)26-19(22)27-17/h8-9,12,25H,4-7,10-11,13-14H2,1-3H3,(H,24,29)(H3,22,26,27,28)/t20?,21-/m1/s1. The predicted octanol–water partition coefficient (Wildman–Crippen LogP) is 2.62. The van der Waals surface area contributed by atoms with Crippen LogP contribution in [0.15, 0.2) is 18.3 Å². The maximum absolute atomic E-state index is 12.9. The van der Waals surface area contributed by atoms with E-state index >= 15 is 0 Å². The number of nitrogen functional groups attached to an aromatic ring is 1. The van der Waals surface area contributed by atoms with E-state index in [0.29, 0.717) is 23.4 Å². The zero-order chi connectivity index (χ0) is 20.9. The van der Waals surface area contributed by atoms with E-state index in [1.807, 2.05) is 19.1 Å². The van der Waals surface area contributed by atoms with Gasteiger partial charge in [0.15, 0.2) is 5.82 Å². The van der Waals surface area contributed by atoms with Gasteiger partial charge in [-0.15, -0.1) is 0 Å². The van der Waals surface area contributed by atoms with Gasteiger partial charge in [0, 0.05) is 12.7 Å². The first-order valence-electron chi connectivity index (χ1n) is 10.5. The Labute approximate surface area is 172 Å². The maximum atomic E-state index is 12.9. The van der Waals surface area contributed by atoms with E-state index in [4.69, 9.17) is 5.73 Å². The summed E-state index contributed by atoms with van der Waals surface area (Å²) in [5.41, 5.74) is 6.40. The second kappa shape index (κ2) is 8.90. The highest BCUT2D eigenvalue weighted by molar-refractivity contribution is 5.87. The summed E-state index contributed by atoms with van der Waals surface area (Å²) in [7, 11) is 0. The Hall–Kier alpha value is -2.48. The van der Waals surface area contributed by atoms with Gasteiger partial charge in [0.05, 0.1) is 16.6 Å². The molecule has 2 atom stereocenters. The number of unbranched alkanes of at least 4 members (excludes halogenated alkanes) is 1. The van der Waals surface area contributed by atoms with Crippen molar-refractivity contribution in [2.45, 2.75) is 70.4 Å². The third kappa shape index (κ3) is 5.12. The molecule has 0 bridgehead atoms. The van der Waals surface area contributed by atoms with Gasteiger partial charge in [-0.25, -0.2) is 4.98 Å². The molecule has 2 aromatic heterocycles. The molecule has 1 fully saturated rings. The lowest BCUT2D eigenvalue weighted by molar-refractivity contribution is -0.128. The number of pyridine rings is 1. The van der Waals surface area contributed by atoms with Crippen molar-refractivity contribution < 1.29 is 4.79 Å². The van der Waals surface area contributed by atoms with Crippen molar-refractivity contribution in [1.82, 2.24) is 25.6 Å². The monoisotopic (exact) mass is 399 g/mol. The fraction of sp³-hybridized carbons (Fsp3) is 0.619. The van der Waals surface area contributed by atoms with Crippen LogP contribution in [-0.2, 0) is 4.79 Å². The molecule has 8 heteroatoms. The number of carbonyl (C=O) groups excluding carboxylic acids is 1. The average molecular weight is 400 g/mol. The Morgan fingerprint density at radius 2 is 2.21 bits per heavy atom. The van der Waals surface area contributed by atoms with Crippen LogP contribution in [0.4, 0.5) is 11.8 Å². The smallest absolute Gasteiger partial charge is 0.240 e. The quantitative estimate of drug-likeness (QED) is 0.539. The van der Waals surface area contributed by atoms with Crippen molar-refractivity contribution >= 4 is 28.7 Å². The van der Waals surface area contributed by atoms with E-state index in [2.05, 4.69) is 44.7 Å². The summed E-state index contributed by atoms with van der Waals surface area (Å²) in [6.07, 6.45) is 7.74. The minimum atomic E-state index is -0.502. The lowest BCUT2D eigenvalue weighted by Gasteiger charge is -2.36. The molecule has 0 radical (unpaired) electrons. The molecule has 2 aromatic rings. The number of amides is 1. The third-order valence-corrected chi connectivity index (χ3v) is 5.73. The third-order valence-electron chi connectivity index (χ3n) is 5.73. The van der Waals surface area contributed by atoms with Gasteiger partial charge in [-0.3, -0.25) is 9.78 Å². The normalized spacial score (nSPS) is 21.5. The van der Waals surface area contributed by atoms with E-state index in [0.717, 1.165) is 45.1 Å². The van der Waals surface area contributed by atoms with Crippen LogP contribution < -0.4 is 21.7 Å². The van der Waals surface area contributed by atoms with Crippen LogP contribution in [0.1, 0.15) is 59.3 Å². The zero-order valence-corrected chi connectivity index (χ0v) is 17.7. The largest absolute Gasteiger partial charge is 0.368 e.